The van der Waals surface area contributed by atoms with Crippen molar-refractivity contribution in [1.82, 2.24) is 9.97 Å². The fourth-order valence-corrected chi connectivity index (χ4v) is 1.49. The molecule has 0 aliphatic heterocycles. The van der Waals surface area contributed by atoms with E-state index in [1.54, 1.807) is 6.07 Å². The largest absolute Gasteiger partial charge is 0.384 e. The van der Waals surface area contributed by atoms with Crippen LogP contribution < -0.4 is 5.32 Å². The fraction of sp³-hybridized carbons (Fsp3) is 0.0714. The Hall–Kier alpha value is -2.78. The summed E-state index contributed by atoms with van der Waals surface area (Å²) >= 11 is 0. The quantitative estimate of drug-likeness (QED) is 0.805. The first kappa shape index (κ1) is 13.6. The van der Waals surface area contributed by atoms with Crippen LogP contribution in [0, 0.1) is 17.7 Å². The maximum Gasteiger partial charge on any atom is 0.259 e. The average molecular weight is 271 g/mol. The standard InChI is InChI=1S/C14H10FN3O2/c15-11-4-5-12(10(9-11)3-1-8-19)13(20)18-14-16-6-2-7-17-14/h2,4-7,9,19H,8H2,(H,16,17,18,20). The van der Waals surface area contributed by atoms with Crippen LogP contribution in [0.25, 0.3) is 0 Å². The van der Waals surface area contributed by atoms with Crippen molar-refractivity contribution in [2.45, 2.75) is 0 Å². The van der Waals surface area contributed by atoms with Crippen molar-refractivity contribution in [2.24, 2.45) is 0 Å². The molecule has 1 heterocycles. The lowest BCUT2D eigenvalue weighted by atomic mass is 10.1. The predicted octanol–water partition coefficient (Wildman–Crippen LogP) is 1.21. The summed E-state index contributed by atoms with van der Waals surface area (Å²) in [4.78, 5) is 19.8. The Labute approximate surface area is 114 Å². The van der Waals surface area contributed by atoms with Gasteiger partial charge in [-0.15, -0.1) is 0 Å². The summed E-state index contributed by atoms with van der Waals surface area (Å²) < 4.78 is 13.2. The van der Waals surface area contributed by atoms with Gasteiger partial charge >= 0.3 is 0 Å². The number of hydrogen-bond donors (Lipinski definition) is 2. The van der Waals surface area contributed by atoms with Gasteiger partial charge in [0.15, 0.2) is 0 Å². The highest BCUT2D eigenvalue weighted by Crippen LogP contribution is 2.12. The number of aromatic nitrogens is 2. The highest BCUT2D eigenvalue weighted by atomic mass is 19.1. The van der Waals surface area contributed by atoms with E-state index in [9.17, 15) is 9.18 Å². The molecule has 2 N–H and O–H groups in total. The van der Waals surface area contributed by atoms with E-state index in [-0.39, 0.29) is 23.7 Å². The number of anilines is 1. The monoisotopic (exact) mass is 271 g/mol. The Kier molecular flexibility index (Phi) is 4.37. The summed E-state index contributed by atoms with van der Waals surface area (Å²) in [6.07, 6.45) is 2.97. The van der Waals surface area contributed by atoms with Gasteiger partial charge in [0.2, 0.25) is 5.95 Å². The van der Waals surface area contributed by atoms with Gasteiger partial charge in [-0.2, -0.15) is 0 Å². The number of amides is 1. The van der Waals surface area contributed by atoms with Gasteiger partial charge in [-0.05, 0) is 24.3 Å². The number of hydrogen-bond acceptors (Lipinski definition) is 4. The average Bonchev–Trinajstić information content (AvgIpc) is 2.46. The zero-order valence-corrected chi connectivity index (χ0v) is 10.3. The second kappa shape index (κ2) is 6.41. The lowest BCUT2D eigenvalue weighted by Crippen LogP contribution is -2.15. The number of halogens is 1. The second-order valence-corrected chi connectivity index (χ2v) is 3.68. The maximum atomic E-state index is 13.2. The van der Waals surface area contributed by atoms with Gasteiger partial charge < -0.3 is 5.11 Å². The van der Waals surface area contributed by atoms with Gasteiger partial charge in [-0.3, -0.25) is 10.1 Å². The summed E-state index contributed by atoms with van der Waals surface area (Å²) in [5, 5.41) is 11.2. The summed E-state index contributed by atoms with van der Waals surface area (Å²) in [7, 11) is 0. The van der Waals surface area contributed by atoms with Crippen LogP contribution in [-0.4, -0.2) is 27.6 Å². The third-order valence-corrected chi connectivity index (χ3v) is 2.32. The molecule has 0 saturated carbocycles. The Morgan fingerprint density at radius 1 is 1.35 bits per heavy atom. The predicted molar refractivity (Wildman–Crippen MR) is 70.3 cm³/mol. The molecule has 6 heteroatoms. The molecule has 0 saturated heterocycles. The van der Waals surface area contributed by atoms with E-state index >= 15 is 0 Å². The minimum absolute atomic E-state index is 0.142. The molecule has 0 spiro atoms. The highest BCUT2D eigenvalue weighted by molar-refractivity contribution is 6.05. The molecule has 0 unspecified atom stereocenters. The fourth-order valence-electron chi connectivity index (χ4n) is 1.49. The number of aliphatic hydroxyl groups excluding tert-OH is 1. The molecule has 0 aliphatic carbocycles. The molecule has 0 fully saturated rings. The van der Waals surface area contributed by atoms with E-state index < -0.39 is 11.7 Å². The molecule has 2 rings (SSSR count). The van der Waals surface area contributed by atoms with E-state index in [2.05, 4.69) is 27.1 Å². The van der Waals surface area contributed by atoms with Crippen LogP contribution >= 0.6 is 0 Å². The second-order valence-electron chi connectivity index (χ2n) is 3.68. The molecule has 1 amide bonds. The van der Waals surface area contributed by atoms with Crippen molar-refractivity contribution in [3.63, 3.8) is 0 Å². The number of nitrogens with one attached hydrogen (secondary N) is 1. The summed E-state index contributed by atoms with van der Waals surface area (Å²) in [6, 6.07) is 5.22. The minimum atomic E-state index is -0.514. The minimum Gasteiger partial charge on any atom is -0.384 e. The van der Waals surface area contributed by atoms with Crippen molar-refractivity contribution in [2.75, 3.05) is 11.9 Å². The number of benzene rings is 1. The van der Waals surface area contributed by atoms with Gasteiger partial charge in [0, 0.05) is 18.0 Å². The van der Waals surface area contributed by atoms with Crippen LogP contribution in [0.1, 0.15) is 15.9 Å². The zero-order valence-electron chi connectivity index (χ0n) is 10.3. The molecule has 2 aromatic rings. The Morgan fingerprint density at radius 2 is 2.10 bits per heavy atom. The van der Waals surface area contributed by atoms with Crippen LogP contribution in [-0.2, 0) is 0 Å². The molecule has 1 aromatic heterocycles. The molecule has 0 bridgehead atoms. The lowest BCUT2D eigenvalue weighted by Gasteiger charge is -2.05. The molecular weight excluding hydrogens is 261 g/mol. The van der Waals surface area contributed by atoms with Gasteiger partial charge in [-0.1, -0.05) is 11.8 Å². The van der Waals surface area contributed by atoms with Crippen molar-refractivity contribution >= 4 is 11.9 Å². The van der Waals surface area contributed by atoms with Crippen molar-refractivity contribution in [1.29, 1.82) is 0 Å². The Bertz CT molecular complexity index is 678. The lowest BCUT2D eigenvalue weighted by molar-refractivity contribution is 0.102. The number of rotatable bonds is 2. The third-order valence-electron chi connectivity index (χ3n) is 2.32. The van der Waals surface area contributed by atoms with Crippen LogP contribution in [0.15, 0.2) is 36.7 Å². The molecule has 0 aliphatic rings. The smallest absolute Gasteiger partial charge is 0.259 e. The van der Waals surface area contributed by atoms with E-state index in [1.165, 1.54) is 18.5 Å². The third kappa shape index (κ3) is 3.37. The Morgan fingerprint density at radius 3 is 2.80 bits per heavy atom. The summed E-state index contributed by atoms with van der Waals surface area (Å²) in [5.74, 6) is 4.03. The first-order valence-electron chi connectivity index (χ1n) is 5.68. The van der Waals surface area contributed by atoms with Gasteiger partial charge in [-0.25, -0.2) is 14.4 Å². The SMILES string of the molecule is O=C(Nc1ncccn1)c1ccc(F)cc1C#CCO. The molecular formula is C14H10FN3O2. The van der Waals surface area contributed by atoms with Crippen molar-refractivity contribution in [3.05, 3.63) is 53.6 Å². The number of nitrogens with zero attached hydrogens (tertiary/aromatic N) is 2. The summed E-state index contributed by atoms with van der Waals surface area (Å²) in [5.41, 5.74) is 0.368. The highest BCUT2D eigenvalue weighted by Gasteiger charge is 2.12. The van der Waals surface area contributed by atoms with Crippen molar-refractivity contribution in [3.8, 4) is 11.8 Å². The van der Waals surface area contributed by atoms with Crippen LogP contribution in [0.3, 0.4) is 0 Å². The normalized spacial score (nSPS) is 9.50. The zero-order chi connectivity index (χ0) is 14.4. The van der Waals surface area contributed by atoms with Crippen molar-refractivity contribution < 1.29 is 14.3 Å². The van der Waals surface area contributed by atoms with Crippen LogP contribution in [0.5, 0.6) is 0 Å². The van der Waals surface area contributed by atoms with Crippen LogP contribution in [0.2, 0.25) is 0 Å². The van der Waals surface area contributed by atoms with E-state index in [0.717, 1.165) is 12.1 Å². The molecule has 0 radical (unpaired) electrons. The topological polar surface area (TPSA) is 75.1 Å². The number of carbonyl (C=O) groups is 1. The van der Waals surface area contributed by atoms with E-state index in [0.29, 0.717) is 0 Å². The molecule has 20 heavy (non-hydrogen) atoms. The first-order chi connectivity index (χ1) is 9.70. The van der Waals surface area contributed by atoms with Crippen LogP contribution in [0.4, 0.5) is 10.3 Å². The molecule has 0 atom stereocenters. The van der Waals surface area contributed by atoms with E-state index in [1.807, 2.05) is 0 Å². The summed E-state index contributed by atoms with van der Waals surface area (Å²) in [6.45, 7) is -0.376. The van der Waals surface area contributed by atoms with E-state index in [4.69, 9.17) is 5.11 Å². The molecule has 1 aromatic carbocycles. The number of aliphatic hydroxyl groups is 1. The number of carbonyl (C=O) groups excluding carboxylic acids is 1. The van der Waals surface area contributed by atoms with Gasteiger partial charge in [0.1, 0.15) is 12.4 Å². The van der Waals surface area contributed by atoms with Gasteiger partial charge in [0.25, 0.3) is 5.91 Å². The Balaban J connectivity index is 2.30. The maximum absolute atomic E-state index is 13.2. The van der Waals surface area contributed by atoms with Gasteiger partial charge in [0.05, 0.1) is 5.56 Å². The molecule has 100 valence electrons. The first-order valence-corrected chi connectivity index (χ1v) is 5.68. The molecule has 5 nitrogen and oxygen atoms in total.